The number of nitrogens with one attached hydrogen (secondary N) is 1. The monoisotopic (exact) mass is 445 g/mol. The molecular weight excluding hydrogens is 421 g/mol. The maximum absolute atomic E-state index is 13.4. The average Bonchev–Trinajstić information content (AvgIpc) is 3.30. The smallest absolute Gasteiger partial charge is 0.270 e. The molecule has 0 radical (unpaired) electrons. The average molecular weight is 445 g/mol. The van der Waals surface area contributed by atoms with Crippen molar-refractivity contribution in [2.24, 2.45) is 0 Å². The zero-order valence-electron chi connectivity index (χ0n) is 18.4. The lowest BCUT2D eigenvalue weighted by Crippen LogP contribution is -2.27. The van der Waals surface area contributed by atoms with Crippen LogP contribution in [0, 0.1) is 5.82 Å². The summed E-state index contributed by atoms with van der Waals surface area (Å²) in [4.78, 5) is 13.1. The topological polar surface area (TPSA) is 65.4 Å². The van der Waals surface area contributed by atoms with Crippen molar-refractivity contribution in [2.75, 3.05) is 20.8 Å². The Kier molecular flexibility index (Phi) is 6.69. The van der Waals surface area contributed by atoms with Crippen molar-refractivity contribution in [3.8, 4) is 28.4 Å². The molecule has 168 valence electrons. The first-order valence-electron chi connectivity index (χ1n) is 10.5. The summed E-state index contributed by atoms with van der Waals surface area (Å²) in [6.45, 7) is 0.420. The van der Waals surface area contributed by atoms with E-state index in [0.717, 1.165) is 11.1 Å². The van der Waals surface area contributed by atoms with Gasteiger partial charge in [-0.15, -0.1) is 0 Å². The van der Waals surface area contributed by atoms with Crippen LogP contribution in [0.5, 0.6) is 11.5 Å². The third-order valence-corrected chi connectivity index (χ3v) is 5.23. The van der Waals surface area contributed by atoms with Gasteiger partial charge < -0.3 is 14.8 Å². The second-order valence-electron chi connectivity index (χ2n) is 7.36. The van der Waals surface area contributed by atoms with Crippen LogP contribution < -0.4 is 14.8 Å². The van der Waals surface area contributed by atoms with E-state index in [1.807, 2.05) is 48.5 Å². The van der Waals surface area contributed by atoms with E-state index in [2.05, 4.69) is 10.4 Å². The number of nitrogens with zero attached hydrogens (tertiary/aromatic N) is 2. The van der Waals surface area contributed by atoms with E-state index in [-0.39, 0.29) is 11.7 Å². The lowest BCUT2D eigenvalue weighted by Gasteiger charge is -2.11. The number of amides is 1. The molecule has 0 unspecified atom stereocenters. The molecule has 4 aromatic rings. The molecule has 1 amide bonds. The molecule has 0 aliphatic carbocycles. The summed E-state index contributed by atoms with van der Waals surface area (Å²) in [6, 6.07) is 22.9. The Morgan fingerprint density at radius 2 is 1.67 bits per heavy atom. The van der Waals surface area contributed by atoms with Gasteiger partial charge >= 0.3 is 0 Å². The Bertz CT molecular complexity index is 1240. The van der Waals surface area contributed by atoms with E-state index in [0.29, 0.717) is 41.5 Å². The quantitative estimate of drug-likeness (QED) is 0.428. The van der Waals surface area contributed by atoms with E-state index in [1.165, 1.54) is 16.8 Å². The molecule has 0 saturated heterocycles. The molecular formula is C26H24FN3O3. The molecule has 1 N–H and O–H groups in total. The first kappa shape index (κ1) is 22.1. The standard InChI is InChI=1S/C26H24FN3O3/c1-32-24-13-8-18(16-25(24)33-2)14-15-28-26(31)23-17-22(19-6-4-3-5-7-19)29-30(23)21-11-9-20(27)10-12-21/h3-13,16-17H,14-15H2,1-2H3,(H,28,31). The van der Waals surface area contributed by atoms with Crippen LogP contribution in [-0.4, -0.2) is 36.5 Å². The second kappa shape index (κ2) is 9.99. The predicted octanol–water partition coefficient (Wildman–Crippen LogP) is 4.67. The summed E-state index contributed by atoms with van der Waals surface area (Å²) in [5.74, 6) is 0.676. The Hall–Kier alpha value is -4.13. The molecule has 0 aliphatic heterocycles. The van der Waals surface area contributed by atoms with Gasteiger partial charge in [-0.25, -0.2) is 9.07 Å². The molecule has 0 fully saturated rings. The van der Waals surface area contributed by atoms with Crippen LogP contribution >= 0.6 is 0 Å². The van der Waals surface area contributed by atoms with Gasteiger partial charge in [-0.3, -0.25) is 4.79 Å². The number of ether oxygens (including phenoxy) is 2. The van der Waals surface area contributed by atoms with Gasteiger partial charge in [0.25, 0.3) is 5.91 Å². The number of hydrogen-bond donors (Lipinski definition) is 1. The lowest BCUT2D eigenvalue weighted by molar-refractivity contribution is 0.0946. The van der Waals surface area contributed by atoms with Gasteiger partial charge in [0.1, 0.15) is 11.5 Å². The zero-order valence-corrected chi connectivity index (χ0v) is 18.4. The highest BCUT2D eigenvalue weighted by Crippen LogP contribution is 2.27. The summed E-state index contributed by atoms with van der Waals surface area (Å²) < 4.78 is 25.6. The maximum Gasteiger partial charge on any atom is 0.270 e. The summed E-state index contributed by atoms with van der Waals surface area (Å²) in [5, 5.41) is 7.57. The van der Waals surface area contributed by atoms with Gasteiger partial charge in [-0.05, 0) is 54.4 Å². The predicted molar refractivity (Wildman–Crippen MR) is 125 cm³/mol. The molecule has 3 aromatic carbocycles. The summed E-state index contributed by atoms with van der Waals surface area (Å²) in [5.41, 5.74) is 3.52. The number of hydrogen-bond acceptors (Lipinski definition) is 4. The maximum atomic E-state index is 13.4. The van der Waals surface area contributed by atoms with Crippen LogP contribution in [0.1, 0.15) is 16.1 Å². The summed E-state index contributed by atoms with van der Waals surface area (Å²) >= 11 is 0. The van der Waals surface area contributed by atoms with E-state index >= 15 is 0 Å². The lowest BCUT2D eigenvalue weighted by atomic mass is 10.1. The largest absolute Gasteiger partial charge is 0.493 e. The highest BCUT2D eigenvalue weighted by Gasteiger charge is 2.17. The van der Waals surface area contributed by atoms with Gasteiger partial charge in [0.2, 0.25) is 0 Å². The van der Waals surface area contributed by atoms with Crippen molar-refractivity contribution >= 4 is 5.91 Å². The van der Waals surface area contributed by atoms with Gasteiger partial charge in [0.05, 0.1) is 25.6 Å². The number of rotatable bonds is 8. The van der Waals surface area contributed by atoms with E-state index in [4.69, 9.17) is 9.47 Å². The molecule has 0 bridgehead atoms. The Labute approximate surface area is 191 Å². The Balaban J connectivity index is 1.55. The first-order chi connectivity index (χ1) is 16.1. The minimum atomic E-state index is -0.352. The van der Waals surface area contributed by atoms with Crippen LogP contribution in [0.4, 0.5) is 4.39 Å². The number of carbonyl (C=O) groups is 1. The highest BCUT2D eigenvalue weighted by molar-refractivity contribution is 5.94. The molecule has 0 aliphatic rings. The van der Waals surface area contributed by atoms with Crippen molar-refractivity contribution < 1.29 is 18.7 Å². The molecule has 33 heavy (non-hydrogen) atoms. The van der Waals surface area contributed by atoms with Crippen molar-refractivity contribution in [1.82, 2.24) is 15.1 Å². The van der Waals surface area contributed by atoms with Crippen molar-refractivity contribution in [1.29, 1.82) is 0 Å². The SMILES string of the molecule is COc1ccc(CCNC(=O)c2cc(-c3ccccc3)nn2-c2ccc(F)cc2)cc1OC. The number of halogens is 1. The van der Waals surface area contributed by atoms with Gasteiger partial charge in [-0.2, -0.15) is 5.10 Å². The number of aromatic nitrogens is 2. The molecule has 4 rings (SSSR count). The number of carbonyl (C=O) groups excluding carboxylic acids is 1. The van der Waals surface area contributed by atoms with E-state index in [1.54, 1.807) is 32.4 Å². The summed E-state index contributed by atoms with van der Waals surface area (Å²) in [6.07, 6.45) is 0.613. The van der Waals surface area contributed by atoms with Crippen LogP contribution in [-0.2, 0) is 6.42 Å². The fraction of sp³-hybridized carbons (Fsp3) is 0.154. The normalized spacial score (nSPS) is 10.6. The highest BCUT2D eigenvalue weighted by atomic mass is 19.1. The fourth-order valence-electron chi connectivity index (χ4n) is 3.52. The van der Waals surface area contributed by atoms with Crippen LogP contribution in [0.25, 0.3) is 16.9 Å². The van der Waals surface area contributed by atoms with Gasteiger partial charge in [-0.1, -0.05) is 36.4 Å². The first-order valence-corrected chi connectivity index (χ1v) is 10.5. The molecule has 0 atom stereocenters. The minimum absolute atomic E-state index is 0.269. The van der Waals surface area contributed by atoms with Gasteiger partial charge in [0, 0.05) is 12.1 Å². The van der Waals surface area contributed by atoms with Gasteiger partial charge in [0.15, 0.2) is 11.5 Å². The zero-order chi connectivity index (χ0) is 23.2. The van der Waals surface area contributed by atoms with E-state index < -0.39 is 0 Å². The van der Waals surface area contributed by atoms with Crippen molar-refractivity contribution in [3.63, 3.8) is 0 Å². The molecule has 1 aromatic heterocycles. The number of benzene rings is 3. The number of methoxy groups -OCH3 is 2. The van der Waals surface area contributed by atoms with Crippen molar-refractivity contribution in [2.45, 2.75) is 6.42 Å². The molecule has 6 nitrogen and oxygen atoms in total. The van der Waals surface area contributed by atoms with Crippen LogP contribution in [0.3, 0.4) is 0 Å². The van der Waals surface area contributed by atoms with Crippen molar-refractivity contribution in [3.05, 3.63) is 95.9 Å². The second-order valence-corrected chi connectivity index (χ2v) is 7.36. The third-order valence-electron chi connectivity index (χ3n) is 5.23. The minimum Gasteiger partial charge on any atom is -0.493 e. The van der Waals surface area contributed by atoms with Crippen LogP contribution in [0.15, 0.2) is 78.9 Å². The summed E-state index contributed by atoms with van der Waals surface area (Å²) in [7, 11) is 3.18. The molecule has 0 saturated carbocycles. The van der Waals surface area contributed by atoms with E-state index in [9.17, 15) is 9.18 Å². The molecule has 0 spiro atoms. The molecule has 1 heterocycles. The Morgan fingerprint density at radius 1 is 0.939 bits per heavy atom. The fourth-order valence-corrected chi connectivity index (χ4v) is 3.52. The molecule has 7 heteroatoms. The van der Waals surface area contributed by atoms with Crippen LogP contribution in [0.2, 0.25) is 0 Å². The Morgan fingerprint density at radius 3 is 2.36 bits per heavy atom. The third kappa shape index (κ3) is 5.03.